The average molecular weight is 417 g/mol. The fraction of sp³-hybridized carbons (Fsp3) is 0.364. The Bertz CT molecular complexity index is 1090. The Morgan fingerprint density at radius 2 is 1.76 bits per heavy atom. The summed E-state index contributed by atoms with van der Waals surface area (Å²) in [5, 5.41) is 11.5. The van der Waals surface area contributed by atoms with E-state index in [0.29, 0.717) is 0 Å². The lowest BCUT2D eigenvalue weighted by molar-refractivity contribution is -0.436. The van der Waals surface area contributed by atoms with Gasteiger partial charge in [-0.15, -0.1) is 12.6 Å². The molecule has 6 nitrogen and oxygen atoms in total. The smallest absolute Gasteiger partial charge is 0.425 e. The van der Waals surface area contributed by atoms with E-state index in [4.69, 9.17) is 17.7 Å². The summed E-state index contributed by atoms with van der Waals surface area (Å²) in [6.07, 6.45) is 5.21. The second kappa shape index (κ2) is 10.1. The molecule has 0 aliphatic carbocycles. The predicted octanol–water partition coefficient (Wildman–Crippen LogP) is 4.20. The second-order valence-corrected chi connectivity index (χ2v) is 7.71. The van der Waals surface area contributed by atoms with Crippen LogP contribution in [0.1, 0.15) is 50.7 Å². The monoisotopic (exact) mass is 416 g/mol. The Labute approximate surface area is 172 Å². The van der Waals surface area contributed by atoms with E-state index < -0.39 is 16.6 Å². The first kappa shape index (κ1) is 22.5. The Morgan fingerprint density at radius 1 is 1.07 bits per heavy atom. The van der Waals surface area contributed by atoms with Crippen LogP contribution in [0.4, 0.5) is 5.69 Å². The number of unbranched alkanes of at least 4 members (excludes halogenated alkanes) is 2. The van der Waals surface area contributed by atoms with Gasteiger partial charge in [-0.3, -0.25) is 4.79 Å². The number of aliphatic carboxylic acids is 1. The van der Waals surface area contributed by atoms with E-state index in [0.717, 1.165) is 25.8 Å². The molecular weight excluding hydrogens is 390 g/mol. The van der Waals surface area contributed by atoms with Crippen LogP contribution in [0.25, 0.3) is 10.8 Å². The molecule has 0 aromatic heterocycles. The van der Waals surface area contributed by atoms with E-state index in [1.165, 1.54) is 38.9 Å². The molecule has 1 aliphatic heterocycles. The number of rotatable bonds is 7. The number of hydrogen-bond donors (Lipinski definition) is 1. The van der Waals surface area contributed by atoms with Crippen molar-refractivity contribution in [3.8, 4) is 0 Å². The first-order valence-electron chi connectivity index (χ1n) is 9.53. The van der Waals surface area contributed by atoms with Crippen molar-refractivity contribution in [2.75, 3.05) is 6.54 Å². The summed E-state index contributed by atoms with van der Waals surface area (Å²) in [7, 11) is -3.11. The van der Waals surface area contributed by atoms with Gasteiger partial charge >= 0.3 is 16.6 Å². The molecule has 154 valence electrons. The van der Waals surface area contributed by atoms with Gasteiger partial charge in [-0.25, -0.2) is 0 Å². The summed E-state index contributed by atoms with van der Waals surface area (Å²) < 4.78 is 27.7. The van der Waals surface area contributed by atoms with Crippen molar-refractivity contribution in [1.29, 1.82) is 0 Å². The van der Waals surface area contributed by atoms with E-state index in [2.05, 4.69) is 61.8 Å². The highest BCUT2D eigenvalue weighted by atomic mass is 32.2. The zero-order chi connectivity index (χ0) is 21.6. The molecule has 0 amide bonds. The molecule has 1 aliphatic rings. The number of hydrogen-bond acceptors (Lipinski definition) is 4. The first-order valence-corrected chi connectivity index (χ1v) is 10.5. The minimum absolute atomic E-state index is 0.263. The summed E-state index contributed by atoms with van der Waals surface area (Å²) in [5.74, 6) is -0.703. The van der Waals surface area contributed by atoms with Gasteiger partial charge in [-0.1, -0.05) is 23.8 Å². The number of carbonyl (C=O) groups is 1. The van der Waals surface area contributed by atoms with Crippen LogP contribution in [-0.4, -0.2) is 40.5 Å². The van der Waals surface area contributed by atoms with Gasteiger partial charge in [0.2, 0.25) is 11.4 Å². The van der Waals surface area contributed by atoms with E-state index >= 15 is 0 Å². The fourth-order valence-corrected chi connectivity index (χ4v) is 3.64. The van der Waals surface area contributed by atoms with Crippen molar-refractivity contribution in [3.05, 3.63) is 53.1 Å². The van der Waals surface area contributed by atoms with Gasteiger partial charge in [-0.05, 0) is 50.6 Å². The molecule has 0 saturated heterocycles. The van der Waals surface area contributed by atoms with E-state index in [1.807, 2.05) is 0 Å². The number of nitrogens with zero attached hydrogens (tertiary/aromatic N) is 1. The lowest BCUT2D eigenvalue weighted by Crippen LogP contribution is -2.14. The van der Waals surface area contributed by atoms with Crippen molar-refractivity contribution in [3.63, 3.8) is 0 Å². The second-order valence-electron chi connectivity index (χ2n) is 7.30. The highest BCUT2D eigenvalue weighted by Gasteiger charge is 2.30. The highest BCUT2D eigenvalue weighted by Crippen LogP contribution is 2.37. The van der Waals surface area contributed by atoms with Gasteiger partial charge in [-0.2, -0.15) is 4.58 Å². The maximum Gasteiger partial charge on any atom is 0.425 e. The maximum absolute atomic E-state index is 10.7. The number of allylic oxidation sites excluding steroid dienone is 2. The van der Waals surface area contributed by atoms with Crippen molar-refractivity contribution in [1.82, 2.24) is 0 Å². The van der Waals surface area contributed by atoms with Crippen LogP contribution in [0.5, 0.6) is 0 Å². The molecule has 0 atom stereocenters. The molecule has 0 unspecified atom stereocenters. The van der Waals surface area contributed by atoms with Gasteiger partial charge in [0.1, 0.15) is 6.54 Å². The van der Waals surface area contributed by atoms with Gasteiger partial charge in [0, 0.05) is 25.0 Å². The molecule has 0 radical (unpaired) electrons. The SMILES string of the molecule is CC(C)=CC1=[N+](CCCCCC(=O)O)c2ccc(C)c3cccc1c23.O=S(=O)=O. The van der Waals surface area contributed by atoms with Crippen molar-refractivity contribution >= 4 is 38.7 Å². The summed E-state index contributed by atoms with van der Waals surface area (Å²) in [6, 6.07) is 11.0. The third-order valence-electron chi connectivity index (χ3n) is 4.79. The van der Waals surface area contributed by atoms with Crippen molar-refractivity contribution in [2.45, 2.75) is 46.5 Å². The van der Waals surface area contributed by atoms with Gasteiger partial charge < -0.3 is 5.11 Å². The zero-order valence-corrected chi connectivity index (χ0v) is 17.8. The van der Waals surface area contributed by atoms with E-state index in [9.17, 15) is 4.79 Å². The number of aryl methyl sites for hydroxylation is 1. The third-order valence-corrected chi connectivity index (χ3v) is 4.79. The van der Waals surface area contributed by atoms with Gasteiger partial charge in [0.15, 0.2) is 0 Å². The lowest BCUT2D eigenvalue weighted by Gasteiger charge is -2.04. The summed E-state index contributed by atoms with van der Waals surface area (Å²) in [4.78, 5) is 10.7. The van der Waals surface area contributed by atoms with Crippen molar-refractivity contribution in [2.24, 2.45) is 0 Å². The van der Waals surface area contributed by atoms with E-state index in [1.54, 1.807) is 0 Å². The Morgan fingerprint density at radius 3 is 2.38 bits per heavy atom. The summed E-state index contributed by atoms with van der Waals surface area (Å²) >= 11 is 0. The quantitative estimate of drug-likeness (QED) is 0.539. The number of carboxylic acids is 1. The number of carboxylic acid groups (broad SMARTS) is 1. The zero-order valence-electron chi connectivity index (χ0n) is 16.9. The molecular formula is C22H26NO5S+. The minimum atomic E-state index is -3.11. The first-order chi connectivity index (χ1) is 13.7. The largest absolute Gasteiger partial charge is 0.481 e. The Kier molecular flexibility index (Phi) is 7.84. The van der Waals surface area contributed by atoms with Crippen LogP contribution in [0.3, 0.4) is 0 Å². The molecule has 29 heavy (non-hydrogen) atoms. The van der Waals surface area contributed by atoms with Crippen LogP contribution in [0, 0.1) is 6.92 Å². The Balaban J connectivity index is 0.000000687. The standard InChI is InChI=1S/C22H25NO2.O3S/c1-15(2)14-20-18-9-7-8-17-16(3)11-12-19(22(17)18)23(20)13-6-4-5-10-21(24)25;1-4(2)3/h7-9,11-12,14H,4-6,10,13H2,1-3H3;/p+1. The molecule has 0 bridgehead atoms. The maximum atomic E-state index is 10.7. The average Bonchev–Trinajstić information content (AvgIpc) is 2.91. The highest BCUT2D eigenvalue weighted by molar-refractivity contribution is 7.59. The Hall–Kier alpha value is -2.80. The molecule has 0 fully saturated rings. The normalized spacial score (nSPS) is 11.8. The lowest BCUT2D eigenvalue weighted by atomic mass is 9.98. The van der Waals surface area contributed by atoms with Crippen LogP contribution in [0.2, 0.25) is 0 Å². The fourth-order valence-electron chi connectivity index (χ4n) is 3.64. The minimum Gasteiger partial charge on any atom is -0.481 e. The third kappa shape index (κ3) is 5.84. The summed E-state index contributed by atoms with van der Waals surface area (Å²) in [5.41, 5.74) is 6.45. The van der Waals surface area contributed by atoms with Crippen LogP contribution < -0.4 is 0 Å². The molecule has 1 N–H and O–H groups in total. The van der Waals surface area contributed by atoms with Crippen LogP contribution in [-0.2, 0) is 15.4 Å². The molecule has 3 rings (SSSR count). The molecule has 2 aromatic rings. The van der Waals surface area contributed by atoms with Crippen molar-refractivity contribution < 1.29 is 27.1 Å². The molecule has 0 saturated carbocycles. The molecule has 7 heteroatoms. The van der Waals surface area contributed by atoms with Crippen LogP contribution in [0.15, 0.2) is 42.0 Å². The van der Waals surface area contributed by atoms with Gasteiger partial charge in [0.25, 0.3) is 0 Å². The van der Waals surface area contributed by atoms with Crippen LogP contribution >= 0.6 is 0 Å². The predicted molar refractivity (Wildman–Crippen MR) is 113 cm³/mol. The van der Waals surface area contributed by atoms with E-state index in [-0.39, 0.29) is 6.42 Å². The molecule has 1 heterocycles. The van der Waals surface area contributed by atoms with Gasteiger partial charge in [0.05, 0.1) is 10.9 Å². The molecule has 0 spiro atoms. The molecule has 2 aromatic carbocycles. The summed E-state index contributed by atoms with van der Waals surface area (Å²) in [6.45, 7) is 7.35. The number of benzene rings is 2. The topological polar surface area (TPSA) is 91.5 Å².